The van der Waals surface area contributed by atoms with Crippen molar-refractivity contribution in [3.63, 3.8) is 0 Å². The second-order valence-electron chi connectivity index (χ2n) is 8.04. The van der Waals surface area contributed by atoms with Crippen LogP contribution in [0.1, 0.15) is 32.6 Å². The molecule has 0 bridgehead atoms. The summed E-state index contributed by atoms with van der Waals surface area (Å²) in [6.45, 7) is 3.55. The van der Waals surface area contributed by atoms with E-state index in [2.05, 4.69) is 20.5 Å². The zero-order valence-corrected chi connectivity index (χ0v) is 15.9. The first-order valence-electron chi connectivity index (χ1n) is 9.85. The number of hydrogen-bond donors (Lipinski definition) is 1. The average Bonchev–Trinajstić information content (AvgIpc) is 3.31. The first kappa shape index (κ1) is 17.2. The van der Waals surface area contributed by atoms with Gasteiger partial charge in [0.1, 0.15) is 6.04 Å². The Morgan fingerprint density at radius 2 is 1.96 bits per heavy atom. The molecule has 5 rings (SSSR count). The molecule has 1 N–H and O–H groups in total. The minimum atomic E-state index is -0.399. The van der Waals surface area contributed by atoms with Gasteiger partial charge in [-0.05, 0) is 61.6 Å². The second-order valence-corrected chi connectivity index (χ2v) is 8.04. The van der Waals surface area contributed by atoms with Crippen molar-refractivity contribution in [2.45, 2.75) is 38.6 Å². The Bertz CT molecular complexity index is 1020. The van der Waals surface area contributed by atoms with Gasteiger partial charge in [-0.25, -0.2) is 0 Å². The van der Waals surface area contributed by atoms with E-state index in [-0.39, 0.29) is 11.9 Å². The Morgan fingerprint density at radius 1 is 1.14 bits per heavy atom. The molecule has 1 atom stereocenters. The van der Waals surface area contributed by atoms with Crippen LogP contribution >= 0.6 is 0 Å². The molecular formula is C21H23N5O2. The number of piperidine rings is 1. The number of benzene rings is 1. The van der Waals surface area contributed by atoms with Gasteiger partial charge >= 0.3 is 6.01 Å². The lowest BCUT2D eigenvalue weighted by atomic mass is 9.93. The summed E-state index contributed by atoms with van der Waals surface area (Å²) in [6, 6.07) is 7.70. The number of nitrogens with one attached hydrogen (secondary N) is 1. The summed E-state index contributed by atoms with van der Waals surface area (Å²) >= 11 is 0. The van der Waals surface area contributed by atoms with Gasteiger partial charge in [0.25, 0.3) is 0 Å². The van der Waals surface area contributed by atoms with Gasteiger partial charge in [-0.3, -0.25) is 9.78 Å². The van der Waals surface area contributed by atoms with E-state index in [1.165, 1.54) is 12.8 Å². The summed E-state index contributed by atoms with van der Waals surface area (Å²) in [5, 5.41) is 13.4. The van der Waals surface area contributed by atoms with Gasteiger partial charge in [0.2, 0.25) is 11.8 Å². The maximum Gasteiger partial charge on any atom is 0.316 e. The van der Waals surface area contributed by atoms with E-state index in [0.717, 1.165) is 42.3 Å². The van der Waals surface area contributed by atoms with Crippen molar-refractivity contribution in [1.82, 2.24) is 20.1 Å². The fourth-order valence-electron chi connectivity index (χ4n) is 4.01. The fourth-order valence-corrected chi connectivity index (χ4v) is 4.01. The summed E-state index contributed by atoms with van der Waals surface area (Å²) in [6.07, 6.45) is 8.50. The molecule has 0 unspecified atom stereocenters. The second kappa shape index (κ2) is 6.58. The van der Waals surface area contributed by atoms with Gasteiger partial charge in [0.15, 0.2) is 0 Å². The largest absolute Gasteiger partial charge is 0.403 e. The van der Waals surface area contributed by atoms with E-state index < -0.39 is 6.04 Å². The number of aromatic nitrogens is 3. The Kier molecular flexibility index (Phi) is 4.03. The number of rotatable bonds is 4. The first-order valence-corrected chi connectivity index (χ1v) is 9.85. The number of likely N-dealkylation sites (tertiary alicyclic amines) is 1. The molecule has 1 saturated heterocycles. The van der Waals surface area contributed by atoms with Crippen LogP contribution in [0.4, 0.5) is 6.01 Å². The Morgan fingerprint density at radius 3 is 2.75 bits per heavy atom. The van der Waals surface area contributed by atoms with Gasteiger partial charge < -0.3 is 14.6 Å². The molecule has 7 nitrogen and oxygen atoms in total. The molecule has 2 fully saturated rings. The van der Waals surface area contributed by atoms with Crippen molar-refractivity contribution in [3.05, 3.63) is 36.7 Å². The molecule has 3 heterocycles. The normalized spacial score (nSPS) is 19.0. The lowest BCUT2D eigenvalue weighted by Gasteiger charge is -2.33. The van der Waals surface area contributed by atoms with Crippen molar-refractivity contribution in [2.24, 2.45) is 5.41 Å². The van der Waals surface area contributed by atoms with Gasteiger partial charge in [-0.1, -0.05) is 11.2 Å². The monoisotopic (exact) mass is 377 g/mol. The number of anilines is 1. The van der Waals surface area contributed by atoms with E-state index in [0.29, 0.717) is 11.3 Å². The predicted octanol–water partition coefficient (Wildman–Crippen LogP) is 3.49. The third kappa shape index (κ3) is 3.21. The maximum atomic E-state index is 12.7. The van der Waals surface area contributed by atoms with Gasteiger partial charge in [0.05, 0.1) is 0 Å². The number of fused-ring (bicyclic) bond motifs is 1. The fraction of sp³-hybridized carbons (Fsp3) is 0.429. The summed E-state index contributed by atoms with van der Waals surface area (Å²) in [4.78, 5) is 18.8. The van der Waals surface area contributed by atoms with Gasteiger partial charge in [-0.2, -0.15) is 0 Å². The number of pyridine rings is 1. The van der Waals surface area contributed by atoms with E-state index in [1.807, 2.05) is 42.3 Å². The zero-order valence-electron chi connectivity index (χ0n) is 15.9. The van der Waals surface area contributed by atoms with Crippen molar-refractivity contribution in [1.29, 1.82) is 0 Å². The van der Waals surface area contributed by atoms with Crippen LogP contribution in [0, 0.1) is 5.41 Å². The van der Waals surface area contributed by atoms with Crippen LogP contribution in [0.2, 0.25) is 0 Å². The molecule has 3 aromatic rings. The minimum Gasteiger partial charge on any atom is -0.403 e. The van der Waals surface area contributed by atoms with Gasteiger partial charge in [-0.15, -0.1) is 5.10 Å². The Balaban J connectivity index is 1.25. The standard InChI is InChI=1S/C21H23N5O2/c1-14(19(27)26-10-7-21(5-6-21)8-11-26)23-20-25-24-18(28-20)16-2-3-17-13-22-9-4-15(17)12-16/h2-4,9,12-14H,5-8,10-11H2,1H3,(H,23,25)/t14-/m0/s1. The molecule has 144 valence electrons. The first-order chi connectivity index (χ1) is 13.6. The van der Waals surface area contributed by atoms with E-state index in [4.69, 9.17) is 4.42 Å². The predicted molar refractivity (Wildman–Crippen MR) is 106 cm³/mol. The summed E-state index contributed by atoms with van der Waals surface area (Å²) in [5.74, 6) is 0.517. The van der Waals surface area contributed by atoms with Crippen molar-refractivity contribution in [3.8, 4) is 11.5 Å². The van der Waals surface area contributed by atoms with E-state index >= 15 is 0 Å². The minimum absolute atomic E-state index is 0.0912. The average molecular weight is 377 g/mol. The van der Waals surface area contributed by atoms with Crippen molar-refractivity contribution >= 4 is 22.7 Å². The van der Waals surface area contributed by atoms with Crippen LogP contribution in [0.15, 0.2) is 41.1 Å². The topological polar surface area (TPSA) is 84.1 Å². The molecule has 1 aromatic carbocycles. The molecule has 2 aliphatic rings. The molecule has 2 aromatic heterocycles. The molecule has 28 heavy (non-hydrogen) atoms. The number of carbonyl (C=O) groups is 1. The Hall–Kier alpha value is -2.96. The van der Waals surface area contributed by atoms with Crippen LogP contribution < -0.4 is 5.32 Å². The smallest absolute Gasteiger partial charge is 0.316 e. The lowest BCUT2D eigenvalue weighted by molar-refractivity contribution is -0.133. The van der Waals surface area contributed by atoms with Crippen LogP contribution in [0.5, 0.6) is 0 Å². The number of hydrogen-bond acceptors (Lipinski definition) is 6. The van der Waals surface area contributed by atoms with Gasteiger partial charge in [0, 0.05) is 36.4 Å². The summed E-state index contributed by atoms with van der Waals surface area (Å²) in [5.41, 5.74) is 1.40. The van der Waals surface area contributed by atoms with Crippen LogP contribution in [0.3, 0.4) is 0 Å². The molecular weight excluding hydrogens is 354 g/mol. The lowest BCUT2D eigenvalue weighted by Crippen LogP contribution is -2.45. The van der Waals surface area contributed by atoms with Crippen LogP contribution in [0.25, 0.3) is 22.2 Å². The third-order valence-corrected chi connectivity index (χ3v) is 6.12. The molecule has 1 amide bonds. The van der Waals surface area contributed by atoms with Crippen molar-refractivity contribution in [2.75, 3.05) is 18.4 Å². The van der Waals surface area contributed by atoms with Crippen LogP contribution in [-0.2, 0) is 4.79 Å². The van der Waals surface area contributed by atoms with Crippen molar-refractivity contribution < 1.29 is 9.21 Å². The maximum absolute atomic E-state index is 12.7. The highest BCUT2D eigenvalue weighted by Gasteiger charge is 2.45. The summed E-state index contributed by atoms with van der Waals surface area (Å²) in [7, 11) is 0. The highest BCUT2D eigenvalue weighted by atomic mass is 16.4. The number of nitrogens with zero attached hydrogens (tertiary/aromatic N) is 4. The SMILES string of the molecule is C[C@H](Nc1nnc(-c2ccc3cnccc3c2)o1)C(=O)N1CCC2(CC1)CC2. The van der Waals surface area contributed by atoms with E-state index in [9.17, 15) is 4.79 Å². The molecule has 0 radical (unpaired) electrons. The highest BCUT2D eigenvalue weighted by Crippen LogP contribution is 2.53. The quantitative estimate of drug-likeness (QED) is 0.749. The van der Waals surface area contributed by atoms with Crippen LogP contribution in [-0.4, -0.2) is 45.1 Å². The highest BCUT2D eigenvalue weighted by molar-refractivity contribution is 5.85. The molecule has 1 saturated carbocycles. The molecule has 7 heteroatoms. The number of carbonyl (C=O) groups excluding carboxylic acids is 1. The third-order valence-electron chi connectivity index (χ3n) is 6.12. The van der Waals surface area contributed by atoms with E-state index in [1.54, 1.807) is 6.20 Å². The number of amides is 1. The molecule has 1 aliphatic carbocycles. The summed E-state index contributed by atoms with van der Waals surface area (Å²) < 4.78 is 5.75. The Labute approximate surface area is 163 Å². The molecule has 1 spiro atoms. The molecule has 1 aliphatic heterocycles. The zero-order chi connectivity index (χ0) is 19.1.